The predicted octanol–water partition coefficient (Wildman–Crippen LogP) is 2.80. The Balaban J connectivity index is 2.12. The van der Waals surface area contributed by atoms with Gasteiger partial charge in [-0.1, -0.05) is 12.1 Å². The van der Waals surface area contributed by atoms with E-state index in [4.69, 9.17) is 0 Å². The molecule has 106 valence electrons. The van der Waals surface area contributed by atoms with Crippen LogP contribution in [0.3, 0.4) is 0 Å². The van der Waals surface area contributed by atoms with Crippen molar-refractivity contribution in [2.45, 2.75) is 25.9 Å². The summed E-state index contributed by atoms with van der Waals surface area (Å²) in [4.78, 5) is 14.1. The van der Waals surface area contributed by atoms with E-state index in [-0.39, 0.29) is 23.8 Å². The Bertz CT molecular complexity index is 565. The maximum absolute atomic E-state index is 12.9. The van der Waals surface area contributed by atoms with Crippen molar-refractivity contribution in [2.24, 2.45) is 0 Å². The second-order valence-corrected chi connectivity index (χ2v) is 4.84. The number of likely N-dealkylation sites (N-methyl/N-ethyl adjacent to an activating group) is 1. The van der Waals surface area contributed by atoms with Crippen molar-refractivity contribution in [3.63, 3.8) is 0 Å². The van der Waals surface area contributed by atoms with Gasteiger partial charge in [-0.05, 0) is 37.6 Å². The van der Waals surface area contributed by atoms with Gasteiger partial charge in [-0.2, -0.15) is 5.10 Å². The van der Waals surface area contributed by atoms with E-state index in [0.29, 0.717) is 0 Å². The Hall–Kier alpha value is -2.17. The van der Waals surface area contributed by atoms with Crippen molar-refractivity contribution in [3.05, 3.63) is 54.1 Å². The lowest BCUT2D eigenvalue weighted by Gasteiger charge is -2.28. The van der Waals surface area contributed by atoms with Crippen LogP contribution in [0, 0.1) is 5.82 Å². The fourth-order valence-corrected chi connectivity index (χ4v) is 2.07. The Kier molecular flexibility index (Phi) is 4.17. The Labute approximate surface area is 117 Å². The summed E-state index contributed by atoms with van der Waals surface area (Å²) in [5, 5.41) is 4.08. The average Bonchev–Trinajstić information content (AvgIpc) is 2.99. The molecule has 0 radical (unpaired) electrons. The minimum Gasteiger partial charge on any atom is -0.337 e. The summed E-state index contributed by atoms with van der Waals surface area (Å²) in [6.07, 6.45) is 3.41. The summed E-state index contributed by atoms with van der Waals surface area (Å²) in [6, 6.07) is 7.50. The molecule has 0 bridgehead atoms. The fraction of sp³-hybridized carbons (Fsp3) is 0.333. The van der Waals surface area contributed by atoms with E-state index in [9.17, 15) is 9.18 Å². The fourth-order valence-electron chi connectivity index (χ4n) is 2.07. The van der Waals surface area contributed by atoms with Crippen LogP contribution in [0.2, 0.25) is 0 Å². The van der Waals surface area contributed by atoms with Crippen molar-refractivity contribution >= 4 is 5.91 Å². The number of carbonyl (C=O) groups is 1. The van der Waals surface area contributed by atoms with Crippen LogP contribution < -0.4 is 0 Å². The second kappa shape index (κ2) is 5.86. The minimum absolute atomic E-state index is 0.0366. The molecule has 0 aliphatic heterocycles. The summed E-state index contributed by atoms with van der Waals surface area (Å²) < 4.78 is 14.6. The number of amides is 1. The van der Waals surface area contributed by atoms with Crippen LogP contribution in [-0.2, 0) is 4.79 Å². The van der Waals surface area contributed by atoms with E-state index in [0.717, 1.165) is 5.56 Å². The summed E-state index contributed by atoms with van der Waals surface area (Å²) in [5.74, 6) is -0.314. The third kappa shape index (κ3) is 2.87. The first-order valence-electron chi connectivity index (χ1n) is 6.52. The number of hydrogen-bond acceptors (Lipinski definition) is 2. The van der Waals surface area contributed by atoms with Gasteiger partial charge < -0.3 is 4.90 Å². The molecule has 0 spiro atoms. The van der Waals surface area contributed by atoms with Gasteiger partial charge in [0.25, 0.3) is 0 Å². The van der Waals surface area contributed by atoms with Crippen LogP contribution in [-0.4, -0.2) is 27.6 Å². The number of benzene rings is 1. The summed E-state index contributed by atoms with van der Waals surface area (Å²) in [5.41, 5.74) is 0.898. The Morgan fingerprint density at radius 1 is 1.30 bits per heavy atom. The molecule has 1 aromatic carbocycles. The summed E-state index contributed by atoms with van der Waals surface area (Å²) in [7, 11) is 1.75. The van der Waals surface area contributed by atoms with Gasteiger partial charge in [0.1, 0.15) is 11.9 Å². The van der Waals surface area contributed by atoms with Gasteiger partial charge in [0.2, 0.25) is 5.91 Å². The van der Waals surface area contributed by atoms with Crippen LogP contribution in [0.5, 0.6) is 0 Å². The van der Waals surface area contributed by atoms with E-state index >= 15 is 0 Å². The van der Waals surface area contributed by atoms with Crippen LogP contribution in [0.15, 0.2) is 42.7 Å². The summed E-state index contributed by atoms with van der Waals surface area (Å²) in [6.45, 7) is 3.73. The molecule has 2 atom stereocenters. The van der Waals surface area contributed by atoms with Gasteiger partial charge in [0.05, 0.1) is 6.04 Å². The van der Waals surface area contributed by atoms with E-state index < -0.39 is 0 Å². The number of halogens is 1. The molecule has 1 heterocycles. The van der Waals surface area contributed by atoms with Gasteiger partial charge in [0, 0.05) is 19.4 Å². The molecule has 20 heavy (non-hydrogen) atoms. The highest BCUT2D eigenvalue weighted by Crippen LogP contribution is 2.21. The highest BCUT2D eigenvalue weighted by molar-refractivity contribution is 5.80. The second-order valence-electron chi connectivity index (χ2n) is 4.84. The van der Waals surface area contributed by atoms with Gasteiger partial charge in [0.15, 0.2) is 0 Å². The first-order valence-corrected chi connectivity index (χ1v) is 6.52. The van der Waals surface area contributed by atoms with Crippen LogP contribution in [0.1, 0.15) is 31.5 Å². The zero-order valence-corrected chi connectivity index (χ0v) is 11.8. The quantitative estimate of drug-likeness (QED) is 0.860. The number of rotatable bonds is 4. The maximum atomic E-state index is 12.9. The molecule has 0 fully saturated rings. The van der Waals surface area contributed by atoms with Gasteiger partial charge in [-0.15, -0.1) is 0 Å². The number of carbonyl (C=O) groups excluding carboxylic acids is 1. The van der Waals surface area contributed by atoms with E-state index in [2.05, 4.69) is 5.10 Å². The lowest BCUT2D eigenvalue weighted by atomic mass is 10.1. The van der Waals surface area contributed by atoms with E-state index in [1.165, 1.54) is 12.1 Å². The minimum atomic E-state index is -0.363. The Morgan fingerprint density at radius 2 is 1.95 bits per heavy atom. The number of aromatic nitrogens is 2. The van der Waals surface area contributed by atoms with Gasteiger partial charge in [-0.3, -0.25) is 9.48 Å². The molecular formula is C15H18FN3O. The summed E-state index contributed by atoms with van der Waals surface area (Å²) >= 11 is 0. The molecule has 1 amide bonds. The lowest BCUT2D eigenvalue weighted by Crippen LogP contribution is -2.35. The highest BCUT2D eigenvalue weighted by Gasteiger charge is 2.23. The average molecular weight is 275 g/mol. The third-order valence-electron chi connectivity index (χ3n) is 3.56. The van der Waals surface area contributed by atoms with Crippen molar-refractivity contribution < 1.29 is 9.18 Å². The molecule has 2 aromatic rings. The molecule has 1 aromatic heterocycles. The number of hydrogen-bond donors (Lipinski definition) is 0. The first-order chi connectivity index (χ1) is 9.50. The monoisotopic (exact) mass is 275 g/mol. The largest absolute Gasteiger partial charge is 0.337 e. The van der Waals surface area contributed by atoms with Gasteiger partial charge in [-0.25, -0.2) is 4.39 Å². The van der Waals surface area contributed by atoms with Crippen LogP contribution in [0.4, 0.5) is 4.39 Å². The maximum Gasteiger partial charge on any atom is 0.247 e. The van der Waals surface area contributed by atoms with Crippen molar-refractivity contribution in [1.29, 1.82) is 0 Å². The SMILES string of the molecule is CC(c1ccc(F)cc1)N(C)C(=O)C(C)n1cccn1. The third-order valence-corrected chi connectivity index (χ3v) is 3.56. The zero-order chi connectivity index (χ0) is 14.7. The molecule has 0 saturated heterocycles. The number of nitrogens with zero attached hydrogens (tertiary/aromatic N) is 3. The lowest BCUT2D eigenvalue weighted by molar-refractivity contribution is -0.135. The van der Waals surface area contributed by atoms with Crippen molar-refractivity contribution in [2.75, 3.05) is 7.05 Å². The molecule has 4 nitrogen and oxygen atoms in total. The van der Waals surface area contributed by atoms with Crippen LogP contribution in [0.25, 0.3) is 0 Å². The molecule has 2 unspecified atom stereocenters. The topological polar surface area (TPSA) is 38.1 Å². The molecule has 0 aliphatic carbocycles. The molecule has 0 aliphatic rings. The molecule has 5 heteroatoms. The Morgan fingerprint density at radius 3 is 2.50 bits per heavy atom. The van der Waals surface area contributed by atoms with Crippen molar-refractivity contribution in [3.8, 4) is 0 Å². The molecule has 2 rings (SSSR count). The normalized spacial score (nSPS) is 13.8. The molecular weight excluding hydrogens is 257 g/mol. The van der Waals surface area contributed by atoms with Crippen LogP contribution >= 0.6 is 0 Å². The first kappa shape index (κ1) is 14.2. The van der Waals surface area contributed by atoms with Crippen molar-refractivity contribution in [1.82, 2.24) is 14.7 Å². The highest BCUT2D eigenvalue weighted by atomic mass is 19.1. The molecule has 0 N–H and O–H groups in total. The van der Waals surface area contributed by atoms with E-state index in [1.807, 2.05) is 13.8 Å². The standard InChI is InChI=1S/C15H18FN3O/c1-11(13-5-7-14(16)8-6-13)18(3)15(20)12(2)19-10-4-9-17-19/h4-12H,1-3H3. The smallest absolute Gasteiger partial charge is 0.247 e. The molecule has 0 saturated carbocycles. The zero-order valence-electron chi connectivity index (χ0n) is 11.8. The van der Waals surface area contributed by atoms with Gasteiger partial charge >= 0.3 is 0 Å². The predicted molar refractivity (Wildman–Crippen MR) is 74.5 cm³/mol. The van der Waals surface area contributed by atoms with E-state index in [1.54, 1.807) is 47.2 Å².